The smallest absolute Gasteiger partial charge is 0.319 e. The number of urea groups is 1. The number of aromatic nitrogens is 2. The fourth-order valence-corrected chi connectivity index (χ4v) is 3.11. The molecule has 0 radical (unpaired) electrons. The van der Waals surface area contributed by atoms with Crippen molar-refractivity contribution in [3.05, 3.63) is 30.1 Å². The van der Waals surface area contributed by atoms with Crippen LogP contribution >= 0.6 is 0 Å². The summed E-state index contributed by atoms with van der Waals surface area (Å²) in [5.41, 5.74) is 0.640. The van der Waals surface area contributed by atoms with Crippen LogP contribution in [0.15, 0.2) is 24.3 Å². The number of nitrogens with one attached hydrogen (secondary N) is 3. The van der Waals surface area contributed by atoms with Crippen LogP contribution in [0.25, 0.3) is 0 Å². The summed E-state index contributed by atoms with van der Waals surface area (Å²) in [5.74, 6) is 3.62. The molecule has 154 valence electrons. The summed E-state index contributed by atoms with van der Waals surface area (Å²) in [6.45, 7) is 6.08. The topological polar surface area (TPSA) is 110 Å². The van der Waals surface area contributed by atoms with Crippen molar-refractivity contribution in [2.75, 3.05) is 61.7 Å². The summed E-state index contributed by atoms with van der Waals surface area (Å²) < 4.78 is 15.9. The van der Waals surface area contributed by atoms with E-state index in [1.807, 2.05) is 13.0 Å². The summed E-state index contributed by atoms with van der Waals surface area (Å²) >= 11 is 0. The van der Waals surface area contributed by atoms with Gasteiger partial charge in [0.25, 0.3) is 0 Å². The van der Waals surface area contributed by atoms with Gasteiger partial charge in [-0.2, -0.15) is 0 Å². The van der Waals surface area contributed by atoms with Crippen molar-refractivity contribution in [1.82, 2.24) is 15.3 Å². The van der Waals surface area contributed by atoms with Crippen molar-refractivity contribution in [1.29, 1.82) is 0 Å². The molecular formula is C19H24N6O4. The van der Waals surface area contributed by atoms with Gasteiger partial charge in [-0.25, -0.2) is 14.8 Å². The summed E-state index contributed by atoms with van der Waals surface area (Å²) in [7, 11) is 0. The molecule has 1 aromatic carbocycles. The molecule has 1 fully saturated rings. The number of carbonyl (C=O) groups is 1. The summed E-state index contributed by atoms with van der Waals surface area (Å²) in [5, 5.41) is 8.81. The second kappa shape index (κ2) is 8.82. The first-order chi connectivity index (χ1) is 14.2. The molecule has 0 aliphatic carbocycles. The Bertz CT molecular complexity index is 872. The maximum absolute atomic E-state index is 12.1. The number of aryl methyl sites for hydroxylation is 1. The number of fused-ring (bicyclic) bond motifs is 1. The third-order valence-electron chi connectivity index (χ3n) is 4.51. The molecule has 0 atom stereocenters. The number of nitrogens with zero attached hydrogens (tertiary/aromatic N) is 3. The lowest BCUT2D eigenvalue weighted by atomic mass is 10.3. The van der Waals surface area contributed by atoms with Gasteiger partial charge in [0.2, 0.25) is 6.79 Å². The third kappa shape index (κ3) is 4.96. The van der Waals surface area contributed by atoms with Crippen LogP contribution in [0.3, 0.4) is 0 Å². The highest BCUT2D eigenvalue weighted by Crippen LogP contribution is 2.34. The Labute approximate surface area is 168 Å². The lowest BCUT2D eigenvalue weighted by molar-refractivity contribution is 0.122. The Kier molecular flexibility index (Phi) is 5.80. The van der Waals surface area contributed by atoms with Gasteiger partial charge in [0.05, 0.1) is 13.2 Å². The Morgan fingerprint density at radius 3 is 2.79 bits per heavy atom. The first-order valence-corrected chi connectivity index (χ1v) is 9.54. The third-order valence-corrected chi connectivity index (χ3v) is 4.51. The van der Waals surface area contributed by atoms with E-state index in [0.29, 0.717) is 49.3 Å². The number of carbonyl (C=O) groups excluding carboxylic acids is 1. The van der Waals surface area contributed by atoms with E-state index < -0.39 is 0 Å². The lowest BCUT2D eigenvalue weighted by Crippen LogP contribution is -2.37. The minimum Gasteiger partial charge on any atom is -0.454 e. The predicted molar refractivity (Wildman–Crippen MR) is 108 cm³/mol. The van der Waals surface area contributed by atoms with Crippen LogP contribution in [0.1, 0.15) is 5.82 Å². The van der Waals surface area contributed by atoms with Crippen molar-refractivity contribution in [2.45, 2.75) is 6.92 Å². The average molecular weight is 400 g/mol. The van der Waals surface area contributed by atoms with E-state index in [2.05, 4.69) is 30.8 Å². The summed E-state index contributed by atoms with van der Waals surface area (Å²) in [6, 6.07) is 6.89. The molecule has 4 rings (SSSR count). The zero-order valence-electron chi connectivity index (χ0n) is 16.2. The highest BCUT2D eigenvalue weighted by Gasteiger charge is 2.15. The van der Waals surface area contributed by atoms with E-state index in [1.165, 1.54) is 0 Å². The van der Waals surface area contributed by atoms with Gasteiger partial charge >= 0.3 is 6.03 Å². The molecule has 0 unspecified atom stereocenters. The number of hydrogen-bond donors (Lipinski definition) is 3. The predicted octanol–water partition coefficient (Wildman–Crippen LogP) is 1.58. The largest absolute Gasteiger partial charge is 0.454 e. The van der Waals surface area contributed by atoms with Crippen LogP contribution in [0.5, 0.6) is 11.5 Å². The van der Waals surface area contributed by atoms with E-state index in [-0.39, 0.29) is 12.8 Å². The number of anilines is 3. The Hall–Kier alpha value is -3.27. The molecule has 2 aliphatic rings. The van der Waals surface area contributed by atoms with Gasteiger partial charge in [-0.3, -0.25) is 0 Å². The van der Waals surface area contributed by atoms with Gasteiger partial charge in [-0.05, 0) is 19.1 Å². The van der Waals surface area contributed by atoms with Crippen LogP contribution in [0, 0.1) is 6.92 Å². The number of benzene rings is 1. The maximum Gasteiger partial charge on any atom is 0.319 e. The number of morpholine rings is 1. The van der Waals surface area contributed by atoms with Crippen LogP contribution < -0.4 is 30.3 Å². The van der Waals surface area contributed by atoms with E-state index in [9.17, 15) is 4.79 Å². The summed E-state index contributed by atoms with van der Waals surface area (Å²) in [4.78, 5) is 23.2. The Morgan fingerprint density at radius 1 is 1.10 bits per heavy atom. The molecule has 10 nitrogen and oxygen atoms in total. The van der Waals surface area contributed by atoms with Gasteiger partial charge in [-0.15, -0.1) is 0 Å². The lowest BCUT2D eigenvalue weighted by Gasteiger charge is -2.28. The second-order valence-corrected chi connectivity index (χ2v) is 6.63. The number of rotatable bonds is 6. The molecule has 2 aliphatic heterocycles. The van der Waals surface area contributed by atoms with Gasteiger partial charge in [-0.1, -0.05) is 0 Å². The standard InChI is InChI=1S/C19H24N6O4/c1-13-22-17(11-18(23-13)25-6-8-27-9-7-25)20-4-5-21-19(26)24-14-2-3-15-16(10-14)29-12-28-15/h2-3,10-11H,4-9,12H2,1H3,(H,20,22,23)(H2,21,24,26). The molecule has 10 heteroatoms. The van der Waals surface area contributed by atoms with Gasteiger partial charge in [0, 0.05) is 44.0 Å². The molecule has 2 amide bonds. The summed E-state index contributed by atoms with van der Waals surface area (Å²) in [6.07, 6.45) is 0. The number of hydrogen-bond acceptors (Lipinski definition) is 8. The molecule has 2 aromatic rings. The van der Waals surface area contributed by atoms with Crippen molar-refractivity contribution in [2.24, 2.45) is 0 Å². The fraction of sp³-hybridized carbons (Fsp3) is 0.421. The highest BCUT2D eigenvalue weighted by molar-refractivity contribution is 5.89. The molecule has 3 N–H and O–H groups in total. The van der Waals surface area contributed by atoms with Crippen LogP contribution in [-0.4, -0.2) is 62.2 Å². The van der Waals surface area contributed by atoms with E-state index in [1.54, 1.807) is 18.2 Å². The van der Waals surface area contributed by atoms with Crippen molar-refractivity contribution in [3.63, 3.8) is 0 Å². The highest BCUT2D eigenvalue weighted by atomic mass is 16.7. The molecule has 0 spiro atoms. The zero-order chi connectivity index (χ0) is 20.1. The van der Waals surface area contributed by atoms with E-state index in [4.69, 9.17) is 14.2 Å². The van der Waals surface area contributed by atoms with Gasteiger partial charge < -0.3 is 35.1 Å². The molecule has 3 heterocycles. The molecule has 1 aromatic heterocycles. The van der Waals surface area contributed by atoms with Crippen molar-refractivity contribution < 1.29 is 19.0 Å². The van der Waals surface area contributed by atoms with E-state index >= 15 is 0 Å². The zero-order valence-corrected chi connectivity index (χ0v) is 16.2. The molecule has 0 bridgehead atoms. The van der Waals surface area contributed by atoms with Crippen LogP contribution in [0.4, 0.5) is 22.1 Å². The first-order valence-electron chi connectivity index (χ1n) is 9.54. The minimum atomic E-state index is -0.293. The SMILES string of the molecule is Cc1nc(NCCNC(=O)Nc2ccc3c(c2)OCO3)cc(N2CCOCC2)n1. The van der Waals surface area contributed by atoms with Gasteiger partial charge in [0.15, 0.2) is 11.5 Å². The van der Waals surface area contributed by atoms with Crippen LogP contribution in [0.2, 0.25) is 0 Å². The second-order valence-electron chi connectivity index (χ2n) is 6.63. The Morgan fingerprint density at radius 2 is 1.93 bits per heavy atom. The first kappa shape index (κ1) is 19.1. The quantitative estimate of drug-likeness (QED) is 0.627. The van der Waals surface area contributed by atoms with Gasteiger partial charge in [0.1, 0.15) is 17.5 Å². The van der Waals surface area contributed by atoms with Crippen molar-refractivity contribution in [3.8, 4) is 11.5 Å². The number of amides is 2. The molecule has 1 saturated heterocycles. The van der Waals surface area contributed by atoms with Crippen molar-refractivity contribution >= 4 is 23.4 Å². The maximum atomic E-state index is 12.1. The molecule has 29 heavy (non-hydrogen) atoms. The molecule has 0 saturated carbocycles. The molecular weight excluding hydrogens is 376 g/mol. The van der Waals surface area contributed by atoms with Crippen LogP contribution in [-0.2, 0) is 4.74 Å². The normalized spacial score (nSPS) is 15.1. The monoisotopic (exact) mass is 400 g/mol. The Balaban J connectivity index is 1.24. The number of ether oxygens (including phenoxy) is 3. The minimum absolute atomic E-state index is 0.201. The average Bonchev–Trinajstić information content (AvgIpc) is 3.19. The van der Waals surface area contributed by atoms with E-state index in [0.717, 1.165) is 24.7 Å². The fourth-order valence-electron chi connectivity index (χ4n) is 3.11.